The molecule has 1 heterocycles. The fourth-order valence-electron chi connectivity index (χ4n) is 2.46. The highest BCUT2D eigenvalue weighted by Gasteiger charge is 2.41. The van der Waals surface area contributed by atoms with E-state index in [2.05, 4.69) is 0 Å². The first-order valence-electron chi connectivity index (χ1n) is 6.79. The topological polar surface area (TPSA) is 57.6 Å². The summed E-state index contributed by atoms with van der Waals surface area (Å²) >= 11 is 0. The van der Waals surface area contributed by atoms with Crippen molar-refractivity contribution in [2.24, 2.45) is 5.41 Å². The number of carboxylic acids is 1. The number of carbonyl (C=O) groups is 2. The second-order valence-electron chi connectivity index (χ2n) is 5.68. The van der Waals surface area contributed by atoms with Crippen LogP contribution in [-0.2, 0) is 9.59 Å². The van der Waals surface area contributed by atoms with E-state index in [0.29, 0.717) is 24.1 Å². The summed E-state index contributed by atoms with van der Waals surface area (Å²) in [5, 5.41) is 9.17. The van der Waals surface area contributed by atoms with Crippen molar-refractivity contribution in [3.05, 3.63) is 41.7 Å². The molecule has 1 unspecified atom stereocenters. The summed E-state index contributed by atoms with van der Waals surface area (Å²) in [5.74, 6) is -1.55. The van der Waals surface area contributed by atoms with Crippen LogP contribution in [0.3, 0.4) is 0 Å². The highest BCUT2D eigenvalue weighted by Crippen LogP contribution is 2.30. The highest BCUT2D eigenvalue weighted by molar-refractivity contribution is 5.95. The van der Waals surface area contributed by atoms with Crippen molar-refractivity contribution in [3.63, 3.8) is 0 Å². The average molecular weight is 291 g/mol. The zero-order valence-electron chi connectivity index (χ0n) is 12.1. The molecule has 1 atom stereocenters. The van der Waals surface area contributed by atoms with E-state index in [4.69, 9.17) is 5.11 Å². The van der Waals surface area contributed by atoms with Crippen molar-refractivity contribution in [1.82, 2.24) is 4.90 Å². The number of hydrogen-bond acceptors (Lipinski definition) is 2. The van der Waals surface area contributed by atoms with Gasteiger partial charge in [-0.05, 0) is 31.9 Å². The van der Waals surface area contributed by atoms with Crippen LogP contribution < -0.4 is 0 Å². The quantitative estimate of drug-likeness (QED) is 0.871. The molecule has 21 heavy (non-hydrogen) atoms. The summed E-state index contributed by atoms with van der Waals surface area (Å²) in [6, 6.07) is 6.25. The maximum atomic E-state index is 13.7. The number of rotatable bonds is 3. The van der Waals surface area contributed by atoms with Gasteiger partial charge in [-0.15, -0.1) is 0 Å². The van der Waals surface area contributed by atoms with Crippen LogP contribution in [0.5, 0.6) is 0 Å². The van der Waals surface area contributed by atoms with Crippen LogP contribution in [0.4, 0.5) is 4.39 Å². The molecule has 0 aromatic heterocycles. The molecule has 0 saturated carbocycles. The minimum absolute atomic E-state index is 0.183. The number of likely N-dealkylation sites (tertiary alicyclic amines) is 1. The Morgan fingerprint density at radius 1 is 1.38 bits per heavy atom. The van der Waals surface area contributed by atoms with Crippen molar-refractivity contribution < 1.29 is 19.1 Å². The standard InChI is InChI=1S/C16H18FNO3/c1-11(12-5-3-4-6-13(12)17)9-14(19)18-8-7-16(2,10-18)15(20)21/h3-6,9H,7-8,10H2,1-2H3,(H,20,21). The Balaban J connectivity index is 2.14. The summed E-state index contributed by atoms with van der Waals surface area (Å²) in [6.45, 7) is 3.89. The molecule has 0 radical (unpaired) electrons. The number of amides is 1. The molecule has 2 rings (SSSR count). The van der Waals surface area contributed by atoms with Crippen LogP contribution >= 0.6 is 0 Å². The van der Waals surface area contributed by atoms with E-state index in [1.165, 1.54) is 17.0 Å². The second-order valence-corrected chi connectivity index (χ2v) is 5.68. The minimum Gasteiger partial charge on any atom is -0.481 e. The third-order valence-corrected chi connectivity index (χ3v) is 3.94. The molecule has 0 spiro atoms. The van der Waals surface area contributed by atoms with Gasteiger partial charge in [0.2, 0.25) is 5.91 Å². The molecule has 1 fully saturated rings. The lowest BCUT2D eigenvalue weighted by atomic mass is 9.90. The molecule has 1 aliphatic rings. The molecule has 1 saturated heterocycles. The van der Waals surface area contributed by atoms with Gasteiger partial charge in [-0.1, -0.05) is 18.2 Å². The van der Waals surface area contributed by atoms with Crippen LogP contribution in [0, 0.1) is 11.2 Å². The third-order valence-electron chi connectivity index (χ3n) is 3.94. The van der Waals surface area contributed by atoms with E-state index in [0.717, 1.165) is 0 Å². The molecular formula is C16H18FNO3. The van der Waals surface area contributed by atoms with E-state index in [-0.39, 0.29) is 18.3 Å². The van der Waals surface area contributed by atoms with Crippen LogP contribution in [0.1, 0.15) is 25.8 Å². The zero-order valence-corrected chi connectivity index (χ0v) is 12.1. The molecule has 5 heteroatoms. The second kappa shape index (κ2) is 5.68. The molecule has 1 aliphatic heterocycles. The number of aliphatic carboxylic acids is 1. The van der Waals surface area contributed by atoms with Gasteiger partial charge in [-0.3, -0.25) is 9.59 Å². The van der Waals surface area contributed by atoms with E-state index in [1.807, 2.05) is 0 Å². The van der Waals surface area contributed by atoms with Gasteiger partial charge in [-0.25, -0.2) is 4.39 Å². The number of allylic oxidation sites excluding steroid dienone is 1. The molecule has 0 aliphatic carbocycles. The number of nitrogens with zero attached hydrogens (tertiary/aromatic N) is 1. The van der Waals surface area contributed by atoms with Gasteiger partial charge in [-0.2, -0.15) is 0 Å². The predicted molar refractivity (Wildman–Crippen MR) is 77.0 cm³/mol. The summed E-state index contributed by atoms with van der Waals surface area (Å²) in [4.78, 5) is 24.9. The van der Waals surface area contributed by atoms with Crippen LogP contribution in [0.2, 0.25) is 0 Å². The number of halogens is 1. The molecule has 1 N–H and O–H groups in total. The van der Waals surface area contributed by atoms with Crippen molar-refractivity contribution in [3.8, 4) is 0 Å². The largest absolute Gasteiger partial charge is 0.481 e. The first-order chi connectivity index (χ1) is 9.83. The lowest BCUT2D eigenvalue weighted by Crippen LogP contribution is -2.34. The first-order valence-corrected chi connectivity index (χ1v) is 6.79. The Kier molecular flexibility index (Phi) is 4.11. The van der Waals surface area contributed by atoms with Crippen LogP contribution in [0.25, 0.3) is 5.57 Å². The smallest absolute Gasteiger partial charge is 0.311 e. The van der Waals surface area contributed by atoms with E-state index < -0.39 is 11.4 Å². The SMILES string of the molecule is CC(=CC(=O)N1CCC(C)(C(=O)O)C1)c1ccccc1F. The van der Waals surface area contributed by atoms with Gasteiger partial charge in [0.25, 0.3) is 0 Å². The summed E-state index contributed by atoms with van der Waals surface area (Å²) in [7, 11) is 0. The Bertz CT molecular complexity index is 611. The molecule has 4 nitrogen and oxygen atoms in total. The number of hydrogen-bond donors (Lipinski definition) is 1. The van der Waals surface area contributed by atoms with Crippen molar-refractivity contribution in [1.29, 1.82) is 0 Å². The molecule has 0 bridgehead atoms. The van der Waals surface area contributed by atoms with Gasteiger partial charge >= 0.3 is 5.97 Å². The lowest BCUT2D eigenvalue weighted by Gasteiger charge is -2.19. The monoisotopic (exact) mass is 291 g/mol. The summed E-state index contributed by atoms with van der Waals surface area (Å²) in [6.07, 6.45) is 1.80. The highest BCUT2D eigenvalue weighted by atomic mass is 19.1. The van der Waals surface area contributed by atoms with Gasteiger partial charge in [0.05, 0.1) is 5.41 Å². The summed E-state index contributed by atoms with van der Waals surface area (Å²) < 4.78 is 13.7. The van der Waals surface area contributed by atoms with Crippen molar-refractivity contribution in [2.45, 2.75) is 20.3 Å². The molecule has 1 amide bonds. The lowest BCUT2D eigenvalue weighted by molar-refractivity contribution is -0.147. The van der Waals surface area contributed by atoms with Gasteiger partial charge in [0.15, 0.2) is 0 Å². The fourth-order valence-corrected chi connectivity index (χ4v) is 2.46. The Morgan fingerprint density at radius 3 is 2.62 bits per heavy atom. The van der Waals surface area contributed by atoms with E-state index in [9.17, 15) is 14.0 Å². The van der Waals surface area contributed by atoms with Crippen molar-refractivity contribution >= 4 is 17.4 Å². The Hall–Kier alpha value is -2.17. The molecular weight excluding hydrogens is 273 g/mol. The Labute approximate surface area is 122 Å². The maximum Gasteiger partial charge on any atom is 0.311 e. The normalized spacial score (nSPS) is 22.4. The van der Waals surface area contributed by atoms with Crippen LogP contribution in [-0.4, -0.2) is 35.0 Å². The Morgan fingerprint density at radius 2 is 2.05 bits per heavy atom. The summed E-state index contributed by atoms with van der Waals surface area (Å²) in [5.41, 5.74) is 0.0168. The molecule has 1 aromatic rings. The first kappa shape index (κ1) is 15.2. The van der Waals surface area contributed by atoms with E-state index in [1.54, 1.807) is 32.0 Å². The van der Waals surface area contributed by atoms with E-state index >= 15 is 0 Å². The third kappa shape index (κ3) is 3.12. The molecule has 112 valence electrons. The van der Waals surface area contributed by atoms with Crippen LogP contribution in [0.15, 0.2) is 30.3 Å². The average Bonchev–Trinajstić information content (AvgIpc) is 2.83. The molecule has 1 aromatic carbocycles. The number of carboxylic acid groups (broad SMARTS) is 1. The van der Waals surface area contributed by atoms with Gasteiger partial charge in [0.1, 0.15) is 5.82 Å². The van der Waals surface area contributed by atoms with Gasteiger partial charge < -0.3 is 10.0 Å². The zero-order chi connectivity index (χ0) is 15.6. The predicted octanol–water partition coefficient (Wildman–Crippen LogP) is 2.55. The maximum absolute atomic E-state index is 13.7. The minimum atomic E-state index is -0.896. The number of benzene rings is 1. The van der Waals surface area contributed by atoms with Gasteiger partial charge in [0, 0.05) is 24.7 Å². The number of carbonyl (C=O) groups excluding carboxylic acids is 1. The van der Waals surface area contributed by atoms with Crippen molar-refractivity contribution in [2.75, 3.05) is 13.1 Å². The fraction of sp³-hybridized carbons (Fsp3) is 0.375.